The smallest absolute Gasteiger partial charge is 0.260 e. The van der Waals surface area contributed by atoms with Crippen molar-refractivity contribution < 1.29 is 28.7 Å². The van der Waals surface area contributed by atoms with Crippen LogP contribution in [0.1, 0.15) is 43.2 Å². The summed E-state index contributed by atoms with van der Waals surface area (Å²) in [6, 6.07) is 23.2. The standard InChI is InChI=1S/C39H33ClFN3O5/c1-2-19-43-35(46)28-18-17-27-30(32(28)37(43)48)20-31-36(47)44(42-25-14-12-24(41)13-15-25)38(49)39(31,22-8-10-23(40)11-9-22)33(27)29-16-7-21-5-3-4-6-26(21)34(29)45/h3-17,28,30-33,42,45H,2,18-20H2,1H3. The highest BCUT2D eigenvalue weighted by Crippen LogP contribution is 2.65. The van der Waals surface area contributed by atoms with Crippen LogP contribution in [0.5, 0.6) is 5.75 Å². The van der Waals surface area contributed by atoms with Crippen LogP contribution in [-0.2, 0) is 24.6 Å². The summed E-state index contributed by atoms with van der Waals surface area (Å²) in [6.07, 6.45) is 3.01. The molecule has 8 nitrogen and oxygen atoms in total. The second-order valence-electron chi connectivity index (χ2n) is 13.4. The molecule has 2 N–H and O–H groups in total. The van der Waals surface area contributed by atoms with Gasteiger partial charge in [-0.05, 0) is 72.5 Å². The van der Waals surface area contributed by atoms with Gasteiger partial charge in [0.1, 0.15) is 11.6 Å². The largest absolute Gasteiger partial charge is 0.507 e. The number of rotatable bonds is 6. The summed E-state index contributed by atoms with van der Waals surface area (Å²) >= 11 is 6.36. The molecule has 2 aliphatic carbocycles. The first-order chi connectivity index (χ1) is 23.7. The molecule has 4 aromatic rings. The van der Waals surface area contributed by atoms with Gasteiger partial charge in [0, 0.05) is 28.4 Å². The van der Waals surface area contributed by atoms with Crippen molar-refractivity contribution >= 4 is 51.7 Å². The van der Waals surface area contributed by atoms with Crippen LogP contribution in [0, 0.1) is 29.5 Å². The molecule has 2 aliphatic heterocycles. The van der Waals surface area contributed by atoms with Gasteiger partial charge in [-0.3, -0.25) is 29.5 Å². The minimum absolute atomic E-state index is 0.0227. The van der Waals surface area contributed by atoms with Crippen molar-refractivity contribution in [2.75, 3.05) is 12.0 Å². The van der Waals surface area contributed by atoms with Crippen LogP contribution in [0.15, 0.2) is 96.6 Å². The first kappa shape index (κ1) is 31.3. The molecule has 4 aliphatic rings. The van der Waals surface area contributed by atoms with Gasteiger partial charge >= 0.3 is 0 Å². The van der Waals surface area contributed by atoms with E-state index in [0.29, 0.717) is 46.6 Å². The molecule has 1 saturated carbocycles. The first-order valence-electron chi connectivity index (χ1n) is 16.6. The average molecular weight is 678 g/mol. The van der Waals surface area contributed by atoms with Crippen LogP contribution in [0.3, 0.4) is 0 Å². The number of nitrogens with one attached hydrogen (secondary N) is 1. The number of fused-ring (bicyclic) bond motifs is 5. The molecule has 4 aromatic carbocycles. The van der Waals surface area contributed by atoms with E-state index in [1.807, 2.05) is 37.3 Å². The van der Waals surface area contributed by atoms with E-state index >= 15 is 4.79 Å². The molecule has 0 radical (unpaired) electrons. The maximum Gasteiger partial charge on any atom is 0.260 e. The van der Waals surface area contributed by atoms with Crippen molar-refractivity contribution in [3.8, 4) is 5.75 Å². The van der Waals surface area contributed by atoms with Crippen molar-refractivity contribution in [1.29, 1.82) is 0 Å². The molecule has 2 saturated heterocycles. The summed E-state index contributed by atoms with van der Waals surface area (Å²) in [6.45, 7) is 2.23. The van der Waals surface area contributed by atoms with Gasteiger partial charge in [0.2, 0.25) is 11.8 Å². The van der Waals surface area contributed by atoms with Crippen molar-refractivity contribution in [3.05, 3.63) is 119 Å². The first-order valence-corrected chi connectivity index (χ1v) is 17.0. The SMILES string of the molecule is CCCN1C(=O)C2CC=C3C(CC4C(=O)N(Nc5ccc(F)cc5)C(=O)C4(c4ccc(Cl)cc4)C3c3ccc4ccccc4c3O)C2C1=O. The number of hydrogen-bond acceptors (Lipinski definition) is 6. The fourth-order valence-electron chi connectivity index (χ4n) is 9.01. The molecule has 0 spiro atoms. The fraction of sp³-hybridized carbons (Fsp3) is 0.282. The Balaban J connectivity index is 1.38. The number of carbonyl (C=O) groups excluding carboxylic acids is 4. The Kier molecular flexibility index (Phi) is 7.37. The van der Waals surface area contributed by atoms with Gasteiger partial charge in [-0.15, -0.1) is 0 Å². The predicted octanol–water partition coefficient (Wildman–Crippen LogP) is 6.73. The topological polar surface area (TPSA) is 107 Å². The second kappa shape index (κ2) is 11.6. The lowest BCUT2D eigenvalue weighted by Crippen LogP contribution is -2.53. The number of aromatic hydroxyl groups is 1. The summed E-state index contributed by atoms with van der Waals surface area (Å²) in [5.41, 5.74) is 3.44. The number of imide groups is 2. The van der Waals surface area contributed by atoms with Gasteiger partial charge in [0.05, 0.1) is 28.9 Å². The quantitative estimate of drug-likeness (QED) is 0.173. The maximum atomic E-state index is 15.2. The van der Waals surface area contributed by atoms with Crippen molar-refractivity contribution in [3.63, 3.8) is 0 Å². The minimum atomic E-state index is -1.57. The minimum Gasteiger partial charge on any atom is -0.507 e. The number of halogens is 2. The van der Waals surface area contributed by atoms with Gasteiger partial charge in [-0.25, -0.2) is 4.39 Å². The Morgan fingerprint density at radius 3 is 2.37 bits per heavy atom. The molecule has 8 rings (SSSR count). The number of likely N-dealkylation sites (tertiary alicyclic amines) is 1. The Hall–Kier alpha value is -5.02. The third kappa shape index (κ3) is 4.48. The number of hydrazine groups is 1. The molecular formula is C39H33ClFN3O5. The molecule has 3 fully saturated rings. The third-order valence-electron chi connectivity index (χ3n) is 11.0. The predicted molar refractivity (Wildman–Crippen MR) is 182 cm³/mol. The number of phenols is 1. The number of hydrogen-bond donors (Lipinski definition) is 2. The number of benzene rings is 4. The molecule has 248 valence electrons. The number of phenolic OH excluding ortho intramolecular Hbond substituents is 1. The fourth-order valence-corrected chi connectivity index (χ4v) is 9.14. The zero-order chi connectivity index (χ0) is 34.2. The van der Waals surface area contributed by atoms with Crippen LogP contribution >= 0.6 is 11.6 Å². The lowest BCUT2D eigenvalue weighted by atomic mass is 9.49. The average Bonchev–Trinajstić information content (AvgIpc) is 3.47. The molecule has 4 amide bonds. The van der Waals surface area contributed by atoms with E-state index in [0.717, 1.165) is 16.0 Å². The van der Waals surface area contributed by atoms with Crippen LogP contribution in [0.4, 0.5) is 10.1 Å². The van der Waals surface area contributed by atoms with E-state index in [-0.39, 0.29) is 24.0 Å². The summed E-state index contributed by atoms with van der Waals surface area (Å²) in [5, 5.41) is 14.9. The molecule has 6 unspecified atom stereocenters. The molecule has 6 atom stereocenters. The number of carbonyl (C=O) groups is 4. The highest BCUT2D eigenvalue weighted by Gasteiger charge is 2.70. The van der Waals surface area contributed by atoms with Gasteiger partial charge in [0.15, 0.2) is 0 Å². The van der Waals surface area contributed by atoms with E-state index in [1.54, 1.807) is 36.4 Å². The number of amides is 4. The van der Waals surface area contributed by atoms with Crippen molar-refractivity contribution in [1.82, 2.24) is 9.91 Å². The van der Waals surface area contributed by atoms with Crippen LogP contribution in [-0.4, -0.2) is 45.2 Å². The highest BCUT2D eigenvalue weighted by atomic mass is 35.5. The van der Waals surface area contributed by atoms with E-state index < -0.39 is 52.6 Å². The molecule has 0 aromatic heterocycles. The Bertz CT molecular complexity index is 2080. The monoisotopic (exact) mass is 677 g/mol. The van der Waals surface area contributed by atoms with Gasteiger partial charge in [0.25, 0.3) is 11.8 Å². The van der Waals surface area contributed by atoms with E-state index in [1.165, 1.54) is 29.2 Å². The van der Waals surface area contributed by atoms with E-state index in [4.69, 9.17) is 11.6 Å². The third-order valence-corrected chi connectivity index (χ3v) is 11.3. The lowest BCUT2D eigenvalue weighted by molar-refractivity contribution is -0.141. The normalized spacial score (nSPS) is 27.7. The Morgan fingerprint density at radius 1 is 0.898 bits per heavy atom. The summed E-state index contributed by atoms with van der Waals surface area (Å²) in [7, 11) is 0. The number of allylic oxidation sites excluding steroid dienone is 2. The van der Waals surface area contributed by atoms with Crippen molar-refractivity contribution in [2.45, 2.75) is 37.5 Å². The Morgan fingerprint density at radius 2 is 1.63 bits per heavy atom. The zero-order valence-electron chi connectivity index (χ0n) is 26.6. The van der Waals surface area contributed by atoms with Gasteiger partial charge in [-0.2, -0.15) is 5.01 Å². The number of nitrogens with zero attached hydrogens (tertiary/aromatic N) is 2. The second-order valence-corrected chi connectivity index (χ2v) is 13.9. The van der Waals surface area contributed by atoms with Gasteiger partial charge < -0.3 is 5.11 Å². The molecular weight excluding hydrogens is 645 g/mol. The van der Waals surface area contributed by atoms with Crippen LogP contribution in [0.2, 0.25) is 5.02 Å². The lowest BCUT2D eigenvalue weighted by Gasteiger charge is -2.50. The van der Waals surface area contributed by atoms with Crippen LogP contribution in [0.25, 0.3) is 10.8 Å². The van der Waals surface area contributed by atoms with E-state index in [2.05, 4.69) is 5.43 Å². The zero-order valence-corrected chi connectivity index (χ0v) is 27.4. The summed E-state index contributed by atoms with van der Waals surface area (Å²) in [4.78, 5) is 58.9. The maximum absolute atomic E-state index is 15.2. The highest BCUT2D eigenvalue weighted by molar-refractivity contribution is 6.30. The number of anilines is 1. The Labute approximate surface area is 287 Å². The van der Waals surface area contributed by atoms with Crippen LogP contribution < -0.4 is 5.43 Å². The molecule has 0 bridgehead atoms. The molecule has 10 heteroatoms. The van der Waals surface area contributed by atoms with Crippen molar-refractivity contribution in [2.24, 2.45) is 23.7 Å². The summed E-state index contributed by atoms with van der Waals surface area (Å²) < 4.78 is 13.8. The van der Waals surface area contributed by atoms with Gasteiger partial charge in [-0.1, -0.05) is 78.7 Å². The molecule has 2 heterocycles. The summed E-state index contributed by atoms with van der Waals surface area (Å²) in [5.74, 6) is -5.71. The molecule has 49 heavy (non-hydrogen) atoms. The van der Waals surface area contributed by atoms with E-state index in [9.17, 15) is 23.9 Å².